The van der Waals surface area contributed by atoms with Crippen molar-refractivity contribution in [2.45, 2.75) is 39.8 Å². The van der Waals surface area contributed by atoms with Crippen LogP contribution in [0.3, 0.4) is 0 Å². The topological polar surface area (TPSA) is 89.0 Å². The number of amides is 1. The molecule has 1 saturated heterocycles. The van der Waals surface area contributed by atoms with Gasteiger partial charge in [0.05, 0.1) is 6.54 Å². The molecule has 4 N–H and O–H groups in total. The van der Waals surface area contributed by atoms with Crippen LogP contribution in [-0.2, 0) is 0 Å². The average molecular weight is 376 g/mol. The van der Waals surface area contributed by atoms with Crippen LogP contribution in [0, 0.1) is 5.92 Å². The summed E-state index contributed by atoms with van der Waals surface area (Å²) in [7, 11) is 0. The number of nitrogens with zero attached hydrogens (tertiary/aromatic N) is 2. The minimum atomic E-state index is -0.167. The van der Waals surface area contributed by atoms with Crippen molar-refractivity contribution in [3.63, 3.8) is 0 Å². The van der Waals surface area contributed by atoms with Crippen molar-refractivity contribution in [2.24, 2.45) is 10.9 Å². The number of guanidine groups is 1. The first-order valence-corrected chi connectivity index (χ1v) is 9.76. The molecule has 1 amide bonds. The van der Waals surface area contributed by atoms with Crippen LogP contribution >= 0.6 is 0 Å². The highest BCUT2D eigenvalue weighted by molar-refractivity contribution is 5.94. The van der Waals surface area contributed by atoms with Crippen LogP contribution in [0.4, 0.5) is 0 Å². The van der Waals surface area contributed by atoms with E-state index in [0.29, 0.717) is 36.7 Å². The van der Waals surface area contributed by atoms with E-state index in [4.69, 9.17) is 0 Å². The Labute approximate surface area is 162 Å². The Morgan fingerprint density at radius 3 is 2.56 bits per heavy atom. The van der Waals surface area contributed by atoms with Gasteiger partial charge in [-0.05, 0) is 51.0 Å². The number of carbonyl (C=O) groups is 1. The highest BCUT2D eigenvalue weighted by Crippen LogP contribution is 2.18. The molecule has 0 spiro atoms. The van der Waals surface area contributed by atoms with Crippen LogP contribution in [0.2, 0.25) is 0 Å². The number of phenolic OH excluding ortho intramolecular Hbond substituents is 1. The predicted molar refractivity (Wildman–Crippen MR) is 109 cm³/mol. The molecular formula is C20H33N5O2. The molecule has 0 bridgehead atoms. The Bertz CT molecular complexity index is 630. The zero-order chi connectivity index (χ0) is 19.8. The van der Waals surface area contributed by atoms with Gasteiger partial charge in [0.2, 0.25) is 0 Å². The molecule has 150 valence electrons. The van der Waals surface area contributed by atoms with E-state index >= 15 is 0 Å². The molecule has 27 heavy (non-hydrogen) atoms. The van der Waals surface area contributed by atoms with Crippen molar-refractivity contribution in [2.75, 3.05) is 32.7 Å². The van der Waals surface area contributed by atoms with Gasteiger partial charge in [-0.3, -0.25) is 14.7 Å². The first-order valence-electron chi connectivity index (χ1n) is 9.76. The lowest BCUT2D eigenvalue weighted by molar-refractivity contribution is 0.0955. The first kappa shape index (κ1) is 21.0. The van der Waals surface area contributed by atoms with Gasteiger partial charge in [0.15, 0.2) is 5.96 Å². The minimum absolute atomic E-state index is 0.148. The SMILES string of the molecule is CCNC(=NCCNC(=O)c1ccc(O)cc1)NC1CN(C(C)C)CC1C. The minimum Gasteiger partial charge on any atom is -0.508 e. The third-order valence-electron chi connectivity index (χ3n) is 4.83. The second kappa shape index (κ2) is 10.2. The Balaban J connectivity index is 1.82. The number of aliphatic imine (C=N–C) groups is 1. The molecule has 1 aromatic carbocycles. The molecule has 2 atom stereocenters. The van der Waals surface area contributed by atoms with E-state index in [1.165, 1.54) is 12.1 Å². The van der Waals surface area contributed by atoms with E-state index in [1.54, 1.807) is 12.1 Å². The van der Waals surface area contributed by atoms with Crippen LogP contribution in [0.1, 0.15) is 38.1 Å². The molecular weight excluding hydrogens is 342 g/mol. The van der Waals surface area contributed by atoms with E-state index in [-0.39, 0.29) is 11.7 Å². The van der Waals surface area contributed by atoms with Gasteiger partial charge in [-0.2, -0.15) is 0 Å². The summed E-state index contributed by atoms with van der Waals surface area (Å²) < 4.78 is 0. The summed E-state index contributed by atoms with van der Waals surface area (Å²) in [6.45, 7) is 12.6. The van der Waals surface area contributed by atoms with Crippen molar-refractivity contribution >= 4 is 11.9 Å². The quantitative estimate of drug-likeness (QED) is 0.329. The van der Waals surface area contributed by atoms with E-state index < -0.39 is 0 Å². The molecule has 0 aromatic heterocycles. The predicted octanol–water partition coefficient (Wildman–Crippen LogP) is 1.41. The number of carbonyl (C=O) groups excluding carboxylic acids is 1. The van der Waals surface area contributed by atoms with Gasteiger partial charge < -0.3 is 21.1 Å². The second-order valence-electron chi connectivity index (χ2n) is 7.34. The van der Waals surface area contributed by atoms with Crippen molar-refractivity contribution in [1.29, 1.82) is 0 Å². The Morgan fingerprint density at radius 2 is 1.96 bits per heavy atom. The molecule has 1 aromatic rings. The molecule has 1 aliphatic rings. The van der Waals surface area contributed by atoms with E-state index in [2.05, 4.69) is 46.6 Å². The maximum atomic E-state index is 12.1. The monoisotopic (exact) mass is 375 g/mol. The number of benzene rings is 1. The summed E-state index contributed by atoms with van der Waals surface area (Å²) in [5.74, 6) is 1.33. The largest absolute Gasteiger partial charge is 0.508 e. The highest BCUT2D eigenvalue weighted by Gasteiger charge is 2.31. The van der Waals surface area contributed by atoms with Gasteiger partial charge in [0.1, 0.15) is 5.75 Å². The summed E-state index contributed by atoms with van der Waals surface area (Å²) in [5, 5.41) is 18.9. The number of rotatable bonds is 7. The first-order chi connectivity index (χ1) is 12.9. The van der Waals surface area contributed by atoms with Crippen molar-refractivity contribution in [3.8, 4) is 5.75 Å². The number of hydrogen-bond acceptors (Lipinski definition) is 4. The third kappa shape index (κ3) is 6.43. The van der Waals surface area contributed by atoms with Crippen LogP contribution in [-0.4, -0.2) is 66.7 Å². The Kier molecular flexibility index (Phi) is 7.91. The molecule has 1 aliphatic heterocycles. The fraction of sp³-hybridized carbons (Fsp3) is 0.600. The maximum Gasteiger partial charge on any atom is 0.251 e. The lowest BCUT2D eigenvalue weighted by Crippen LogP contribution is -2.47. The summed E-state index contributed by atoms with van der Waals surface area (Å²) in [6.07, 6.45) is 0. The molecule has 7 nitrogen and oxygen atoms in total. The van der Waals surface area contributed by atoms with Crippen LogP contribution in [0.15, 0.2) is 29.3 Å². The van der Waals surface area contributed by atoms with Crippen molar-refractivity contribution in [1.82, 2.24) is 20.9 Å². The summed E-state index contributed by atoms with van der Waals surface area (Å²) in [6, 6.07) is 7.13. The van der Waals surface area contributed by atoms with E-state index in [0.717, 1.165) is 25.6 Å². The molecule has 0 aliphatic carbocycles. The van der Waals surface area contributed by atoms with Gasteiger partial charge in [0.25, 0.3) is 5.91 Å². The highest BCUT2D eigenvalue weighted by atomic mass is 16.3. The fourth-order valence-corrected chi connectivity index (χ4v) is 3.16. The molecule has 1 fully saturated rings. The molecule has 0 saturated carbocycles. The van der Waals surface area contributed by atoms with Crippen molar-refractivity contribution < 1.29 is 9.90 Å². The Hall–Kier alpha value is -2.28. The number of hydrogen-bond donors (Lipinski definition) is 4. The normalized spacial score (nSPS) is 20.7. The fourth-order valence-electron chi connectivity index (χ4n) is 3.16. The average Bonchev–Trinajstić information content (AvgIpc) is 3.00. The molecule has 1 heterocycles. The Morgan fingerprint density at radius 1 is 1.26 bits per heavy atom. The summed E-state index contributed by atoms with van der Waals surface area (Å²) >= 11 is 0. The summed E-state index contributed by atoms with van der Waals surface area (Å²) in [4.78, 5) is 19.1. The molecule has 2 rings (SSSR count). The number of likely N-dealkylation sites (tertiary alicyclic amines) is 1. The standard InChI is InChI=1S/C20H33N5O2/c1-5-21-20(24-18-13-25(14(2)3)12-15(18)4)23-11-10-22-19(27)16-6-8-17(26)9-7-16/h6-9,14-15,18,26H,5,10-13H2,1-4H3,(H,22,27)(H2,21,23,24). The van der Waals surface area contributed by atoms with Gasteiger partial charge in [-0.25, -0.2) is 0 Å². The molecule has 0 radical (unpaired) electrons. The van der Waals surface area contributed by atoms with Gasteiger partial charge in [-0.15, -0.1) is 0 Å². The number of nitrogens with one attached hydrogen (secondary N) is 3. The van der Waals surface area contributed by atoms with Gasteiger partial charge in [0, 0.05) is 43.8 Å². The zero-order valence-corrected chi connectivity index (χ0v) is 16.8. The maximum absolute atomic E-state index is 12.1. The van der Waals surface area contributed by atoms with Gasteiger partial charge >= 0.3 is 0 Å². The number of aromatic hydroxyl groups is 1. The summed E-state index contributed by atoms with van der Waals surface area (Å²) in [5.41, 5.74) is 0.523. The lowest BCUT2D eigenvalue weighted by Gasteiger charge is -2.22. The van der Waals surface area contributed by atoms with Crippen LogP contribution in [0.5, 0.6) is 5.75 Å². The van der Waals surface area contributed by atoms with Gasteiger partial charge in [-0.1, -0.05) is 6.92 Å². The van der Waals surface area contributed by atoms with Crippen LogP contribution in [0.25, 0.3) is 0 Å². The zero-order valence-electron chi connectivity index (χ0n) is 16.8. The lowest BCUT2D eigenvalue weighted by atomic mass is 10.1. The third-order valence-corrected chi connectivity index (χ3v) is 4.83. The van der Waals surface area contributed by atoms with E-state index in [1.807, 2.05) is 6.92 Å². The van der Waals surface area contributed by atoms with E-state index in [9.17, 15) is 9.90 Å². The molecule has 2 unspecified atom stereocenters. The molecule has 7 heteroatoms. The smallest absolute Gasteiger partial charge is 0.251 e. The van der Waals surface area contributed by atoms with Crippen LogP contribution < -0.4 is 16.0 Å². The number of phenols is 1. The second-order valence-corrected chi connectivity index (χ2v) is 7.34. The van der Waals surface area contributed by atoms with Crippen molar-refractivity contribution in [3.05, 3.63) is 29.8 Å².